The van der Waals surface area contributed by atoms with Crippen LogP contribution in [0, 0.1) is 17.8 Å². The summed E-state index contributed by atoms with van der Waals surface area (Å²) < 4.78 is 7.67. The van der Waals surface area contributed by atoms with Crippen molar-refractivity contribution >= 4 is 19.9 Å². The molecule has 1 aliphatic heterocycles. The second kappa shape index (κ2) is 11.6. The first-order chi connectivity index (χ1) is 19.9. The molecular formula is C37H47NO3Si. The molecular weight excluding hydrogens is 534 g/mol. The molecule has 0 bridgehead atoms. The number of benzene rings is 2. The van der Waals surface area contributed by atoms with E-state index in [1.807, 2.05) is 0 Å². The van der Waals surface area contributed by atoms with Crippen molar-refractivity contribution in [2.75, 3.05) is 6.54 Å². The van der Waals surface area contributed by atoms with E-state index < -0.39 is 13.9 Å². The van der Waals surface area contributed by atoms with Crippen LogP contribution in [0.25, 0.3) is 0 Å². The Bertz CT molecular complexity index is 1360. The number of fused-ring (bicyclic) bond motifs is 1. The second-order valence-electron chi connectivity index (χ2n) is 14.0. The summed E-state index contributed by atoms with van der Waals surface area (Å²) in [5, 5.41) is 0.0268. The molecule has 0 amide bonds. The van der Waals surface area contributed by atoms with Gasteiger partial charge in [0.2, 0.25) is 0 Å². The highest BCUT2D eigenvalue weighted by Crippen LogP contribution is 2.50. The Morgan fingerprint density at radius 3 is 2.02 bits per heavy atom. The summed E-state index contributed by atoms with van der Waals surface area (Å²) in [6, 6.07) is 21.6. The number of hydrogen-bond acceptors (Lipinski definition) is 4. The van der Waals surface area contributed by atoms with Gasteiger partial charge in [-0.1, -0.05) is 98.7 Å². The number of nitrogens with zero attached hydrogens (tertiary/aromatic N) is 1. The third kappa shape index (κ3) is 5.42. The molecule has 0 radical (unpaired) electrons. The SMILES string of the molecule is CC1=C(C)[C@H](/C=C/N2CCC[C@H]2C(O[Si](C)(C)C(C)(C)C)(c2ccccc2)c2ccccc2)[C@@H]2C(=O)C=CC(=O)[C@@H]2C1. The fourth-order valence-corrected chi connectivity index (χ4v) is 8.49. The first kappa shape index (κ1) is 30.4. The van der Waals surface area contributed by atoms with Crippen LogP contribution in [-0.2, 0) is 19.6 Å². The molecule has 42 heavy (non-hydrogen) atoms. The Morgan fingerprint density at radius 2 is 1.45 bits per heavy atom. The quantitative estimate of drug-likeness (QED) is 0.244. The molecule has 222 valence electrons. The summed E-state index contributed by atoms with van der Waals surface area (Å²) in [6.45, 7) is 16.8. The molecule has 1 fully saturated rings. The van der Waals surface area contributed by atoms with Gasteiger partial charge in [0.05, 0.1) is 6.04 Å². The molecule has 1 heterocycles. The van der Waals surface area contributed by atoms with Gasteiger partial charge in [0.15, 0.2) is 19.9 Å². The van der Waals surface area contributed by atoms with Gasteiger partial charge in [-0.25, -0.2) is 0 Å². The van der Waals surface area contributed by atoms with Crippen molar-refractivity contribution in [2.45, 2.75) is 83.7 Å². The lowest BCUT2D eigenvalue weighted by Crippen LogP contribution is -2.56. The van der Waals surface area contributed by atoms with Gasteiger partial charge in [-0.3, -0.25) is 9.59 Å². The minimum absolute atomic E-state index is 0.0268. The van der Waals surface area contributed by atoms with Crippen molar-refractivity contribution in [3.63, 3.8) is 0 Å². The predicted molar refractivity (Wildman–Crippen MR) is 173 cm³/mol. The molecule has 1 saturated heterocycles. The summed E-state index contributed by atoms with van der Waals surface area (Å²) in [7, 11) is -2.27. The smallest absolute Gasteiger partial charge is 0.193 e. The van der Waals surface area contributed by atoms with Crippen molar-refractivity contribution in [3.05, 3.63) is 107 Å². The van der Waals surface area contributed by atoms with Crippen molar-refractivity contribution in [2.24, 2.45) is 17.8 Å². The average Bonchev–Trinajstić information content (AvgIpc) is 3.43. The molecule has 0 spiro atoms. The van der Waals surface area contributed by atoms with Crippen LogP contribution in [0.5, 0.6) is 0 Å². The van der Waals surface area contributed by atoms with E-state index in [1.165, 1.54) is 34.4 Å². The third-order valence-corrected chi connectivity index (χ3v) is 14.9. The van der Waals surface area contributed by atoms with Gasteiger partial charge in [-0.2, -0.15) is 0 Å². The van der Waals surface area contributed by atoms with Crippen LogP contribution < -0.4 is 0 Å². The van der Waals surface area contributed by atoms with Crippen molar-refractivity contribution < 1.29 is 14.0 Å². The van der Waals surface area contributed by atoms with Crippen molar-refractivity contribution in [3.8, 4) is 0 Å². The van der Waals surface area contributed by atoms with Gasteiger partial charge in [0, 0.05) is 24.3 Å². The van der Waals surface area contributed by atoms with E-state index in [2.05, 4.69) is 126 Å². The number of ketones is 2. The Hall–Kier alpha value is -3.02. The third-order valence-electron chi connectivity index (χ3n) is 10.5. The lowest BCUT2D eigenvalue weighted by Gasteiger charge is -2.51. The maximum absolute atomic E-state index is 13.2. The van der Waals surface area contributed by atoms with Crippen LogP contribution in [0.3, 0.4) is 0 Å². The number of allylic oxidation sites excluding steroid dienone is 5. The van der Waals surface area contributed by atoms with E-state index in [4.69, 9.17) is 4.43 Å². The van der Waals surface area contributed by atoms with E-state index in [0.29, 0.717) is 6.42 Å². The summed E-state index contributed by atoms with van der Waals surface area (Å²) in [5.41, 5.74) is 4.13. The number of likely N-dealkylation sites (tertiary alicyclic amines) is 1. The molecule has 5 rings (SSSR count). The zero-order valence-electron chi connectivity index (χ0n) is 26.4. The first-order valence-electron chi connectivity index (χ1n) is 15.5. The van der Waals surface area contributed by atoms with Gasteiger partial charge in [0.25, 0.3) is 0 Å². The van der Waals surface area contributed by atoms with Gasteiger partial charge < -0.3 is 9.33 Å². The maximum Gasteiger partial charge on any atom is 0.193 e. The van der Waals surface area contributed by atoms with Crippen LogP contribution in [0.4, 0.5) is 0 Å². The van der Waals surface area contributed by atoms with Gasteiger partial charge >= 0.3 is 0 Å². The molecule has 0 N–H and O–H groups in total. The summed E-state index contributed by atoms with van der Waals surface area (Å²) >= 11 is 0. The molecule has 0 saturated carbocycles. The first-order valence-corrected chi connectivity index (χ1v) is 18.4. The number of hydrogen-bond donors (Lipinski definition) is 0. The average molecular weight is 582 g/mol. The highest BCUT2D eigenvalue weighted by Gasteiger charge is 2.53. The zero-order valence-corrected chi connectivity index (χ0v) is 27.4. The molecule has 0 unspecified atom stereocenters. The lowest BCUT2D eigenvalue weighted by atomic mass is 9.64. The van der Waals surface area contributed by atoms with Crippen LogP contribution in [0.15, 0.2) is 96.2 Å². The molecule has 4 nitrogen and oxygen atoms in total. The lowest BCUT2D eigenvalue weighted by molar-refractivity contribution is -0.130. The number of carbonyl (C=O) groups excluding carboxylic acids is 2. The number of carbonyl (C=O) groups is 2. The standard InChI is InChI=1S/C37H47NO3Si/c1-26-25-31-32(39)20-21-33(40)35(31)30(27(26)2)22-24-38-23-14-19-34(38)37(28-15-10-8-11-16-28,29-17-12-9-13-18-29)41-42(6,7)36(3,4)5/h8-13,15-18,20-22,24,30-31,34-35H,14,19,23,25H2,1-7H3/b24-22+/t30-,31-,34-,35-/m0/s1. The molecule has 0 aromatic heterocycles. The molecule has 4 atom stereocenters. The van der Waals surface area contributed by atoms with Gasteiger partial charge in [-0.15, -0.1) is 0 Å². The molecule has 5 heteroatoms. The van der Waals surface area contributed by atoms with Crippen LogP contribution in [0.2, 0.25) is 18.1 Å². The minimum atomic E-state index is -2.27. The fraction of sp³-hybridized carbons (Fsp3) is 0.459. The predicted octanol–water partition coefficient (Wildman–Crippen LogP) is 8.23. The van der Waals surface area contributed by atoms with Crippen molar-refractivity contribution in [1.29, 1.82) is 0 Å². The van der Waals surface area contributed by atoms with Crippen LogP contribution in [0.1, 0.15) is 65.0 Å². The molecule has 3 aliphatic rings. The molecule has 2 aromatic rings. The van der Waals surface area contributed by atoms with E-state index in [1.54, 1.807) is 0 Å². The van der Waals surface area contributed by atoms with Crippen LogP contribution in [-0.4, -0.2) is 37.4 Å². The zero-order chi connectivity index (χ0) is 30.3. The van der Waals surface area contributed by atoms with Crippen LogP contribution >= 0.6 is 0 Å². The fourth-order valence-electron chi connectivity index (χ4n) is 7.01. The Balaban J connectivity index is 1.62. The monoisotopic (exact) mass is 581 g/mol. The minimum Gasteiger partial charge on any atom is -0.401 e. The highest BCUT2D eigenvalue weighted by molar-refractivity contribution is 6.74. The molecule has 2 aliphatic carbocycles. The Kier molecular flexibility index (Phi) is 8.39. The van der Waals surface area contributed by atoms with E-state index in [-0.39, 0.29) is 40.4 Å². The molecule has 2 aromatic carbocycles. The largest absolute Gasteiger partial charge is 0.401 e. The number of rotatable bonds is 7. The Labute approximate surface area is 253 Å². The maximum atomic E-state index is 13.2. The highest BCUT2D eigenvalue weighted by atomic mass is 28.4. The normalized spacial score (nSPS) is 25.5. The van der Waals surface area contributed by atoms with Gasteiger partial charge in [0.1, 0.15) is 5.60 Å². The Morgan fingerprint density at radius 1 is 0.881 bits per heavy atom. The summed E-state index contributed by atoms with van der Waals surface area (Å²) in [6.07, 6.45) is 10.2. The van der Waals surface area contributed by atoms with E-state index in [9.17, 15) is 9.59 Å². The second-order valence-corrected chi connectivity index (χ2v) is 18.8. The van der Waals surface area contributed by atoms with E-state index in [0.717, 1.165) is 19.4 Å². The topological polar surface area (TPSA) is 46.6 Å². The van der Waals surface area contributed by atoms with E-state index >= 15 is 0 Å². The summed E-state index contributed by atoms with van der Waals surface area (Å²) in [4.78, 5) is 28.4. The summed E-state index contributed by atoms with van der Waals surface area (Å²) in [5.74, 6) is -0.512. The van der Waals surface area contributed by atoms with Gasteiger partial charge in [-0.05, 0) is 80.7 Å². The van der Waals surface area contributed by atoms with Crippen molar-refractivity contribution in [1.82, 2.24) is 4.90 Å².